The molecule has 0 atom stereocenters. The van der Waals surface area contributed by atoms with Crippen LogP contribution in [0.25, 0.3) is 11.0 Å². The highest BCUT2D eigenvalue weighted by atomic mass is 16.3. The summed E-state index contributed by atoms with van der Waals surface area (Å²) in [6.07, 6.45) is 6.65. The van der Waals surface area contributed by atoms with Crippen molar-refractivity contribution in [2.24, 2.45) is 5.92 Å². The van der Waals surface area contributed by atoms with Crippen LogP contribution in [0, 0.1) is 5.92 Å². The first-order chi connectivity index (χ1) is 15.1. The number of likely N-dealkylation sites (tertiary alicyclic amines) is 1. The number of amides is 2. The third kappa shape index (κ3) is 3.90. The van der Waals surface area contributed by atoms with E-state index in [1.165, 1.54) is 17.5 Å². The van der Waals surface area contributed by atoms with Gasteiger partial charge in [0.05, 0.1) is 18.4 Å². The van der Waals surface area contributed by atoms with Crippen molar-refractivity contribution in [3.05, 3.63) is 59.4 Å². The summed E-state index contributed by atoms with van der Waals surface area (Å²) >= 11 is 0. The van der Waals surface area contributed by atoms with Gasteiger partial charge in [-0.1, -0.05) is 12.1 Å². The molecule has 160 valence electrons. The number of anilines is 1. The van der Waals surface area contributed by atoms with E-state index < -0.39 is 0 Å². The van der Waals surface area contributed by atoms with Gasteiger partial charge in [-0.05, 0) is 67.5 Å². The lowest BCUT2D eigenvalue weighted by Gasteiger charge is -2.31. The van der Waals surface area contributed by atoms with Crippen molar-refractivity contribution in [1.29, 1.82) is 0 Å². The summed E-state index contributed by atoms with van der Waals surface area (Å²) in [7, 11) is 0. The Kier molecular flexibility index (Phi) is 5.14. The molecule has 0 saturated carbocycles. The molecule has 5 rings (SSSR count). The second kappa shape index (κ2) is 8.10. The number of fused-ring (bicyclic) bond motifs is 2. The van der Waals surface area contributed by atoms with Gasteiger partial charge >= 0.3 is 0 Å². The van der Waals surface area contributed by atoms with Gasteiger partial charge in [0, 0.05) is 30.0 Å². The quantitative estimate of drug-likeness (QED) is 0.627. The lowest BCUT2D eigenvalue weighted by Crippen LogP contribution is -2.42. The molecule has 1 fully saturated rings. The van der Waals surface area contributed by atoms with Crippen LogP contribution in [0.15, 0.2) is 47.1 Å². The Hall–Kier alpha value is -3.28. The van der Waals surface area contributed by atoms with Gasteiger partial charge < -0.3 is 19.7 Å². The van der Waals surface area contributed by atoms with Crippen molar-refractivity contribution in [1.82, 2.24) is 4.90 Å². The van der Waals surface area contributed by atoms with Crippen LogP contribution in [0.5, 0.6) is 5.75 Å². The van der Waals surface area contributed by atoms with Crippen molar-refractivity contribution < 1.29 is 19.1 Å². The highest BCUT2D eigenvalue weighted by Crippen LogP contribution is 2.31. The number of aromatic hydroxyl groups is 1. The lowest BCUT2D eigenvalue weighted by atomic mass is 9.95. The first-order valence-corrected chi connectivity index (χ1v) is 11.0. The van der Waals surface area contributed by atoms with Gasteiger partial charge in [-0.3, -0.25) is 9.59 Å². The van der Waals surface area contributed by atoms with Gasteiger partial charge in [0.15, 0.2) is 0 Å². The van der Waals surface area contributed by atoms with E-state index in [1.807, 2.05) is 4.90 Å². The number of phenolic OH excluding ortho intramolecular Hbond substituents is 1. The molecule has 3 aromatic rings. The van der Waals surface area contributed by atoms with Crippen LogP contribution >= 0.6 is 0 Å². The summed E-state index contributed by atoms with van der Waals surface area (Å²) in [6.45, 7) is 1.12. The van der Waals surface area contributed by atoms with Gasteiger partial charge in [0.25, 0.3) is 0 Å². The molecule has 2 heterocycles. The predicted molar refractivity (Wildman–Crippen MR) is 118 cm³/mol. The van der Waals surface area contributed by atoms with Crippen LogP contribution in [0.1, 0.15) is 36.0 Å². The third-order valence-electron chi connectivity index (χ3n) is 6.59. The van der Waals surface area contributed by atoms with E-state index >= 15 is 0 Å². The Balaban J connectivity index is 1.19. The number of para-hydroxylation sites is 2. The molecule has 0 bridgehead atoms. The largest absolute Gasteiger partial charge is 0.506 e. The highest BCUT2D eigenvalue weighted by molar-refractivity contribution is 5.94. The average molecular weight is 418 g/mol. The number of hydrogen-bond donors (Lipinski definition) is 2. The fraction of sp³-hybridized carbons (Fsp3) is 0.360. The zero-order valence-electron chi connectivity index (χ0n) is 17.4. The van der Waals surface area contributed by atoms with E-state index in [0.29, 0.717) is 38.0 Å². The Bertz CT molecular complexity index is 1140. The van der Waals surface area contributed by atoms with Crippen LogP contribution in [0.3, 0.4) is 0 Å². The molecule has 6 heteroatoms. The lowest BCUT2D eigenvalue weighted by molar-refractivity contribution is -0.133. The Morgan fingerprint density at radius 1 is 1.10 bits per heavy atom. The number of piperidine rings is 1. The van der Waals surface area contributed by atoms with Gasteiger partial charge in [0.2, 0.25) is 11.8 Å². The molecule has 1 aliphatic carbocycles. The molecule has 1 aliphatic heterocycles. The van der Waals surface area contributed by atoms with E-state index in [4.69, 9.17) is 4.42 Å². The predicted octanol–water partition coefficient (Wildman–Crippen LogP) is 4.05. The molecule has 0 spiro atoms. The maximum Gasteiger partial charge on any atom is 0.227 e. The fourth-order valence-corrected chi connectivity index (χ4v) is 4.76. The number of carbonyl (C=O) groups is 2. The average Bonchev–Trinajstić information content (AvgIpc) is 3.40. The van der Waals surface area contributed by atoms with Crippen LogP contribution < -0.4 is 5.32 Å². The zero-order chi connectivity index (χ0) is 21.4. The molecule has 0 unspecified atom stereocenters. The standard InChI is InChI=1S/C25H26N2O4/c28-22-7-2-1-6-21(22)26-25(30)16-8-10-27(11-9-16)24(29)14-19-15-31-23-13-18-5-3-4-17(18)12-20(19)23/h1-2,6-7,12-13,15-16,28H,3-5,8-11,14H2,(H,26,30). The van der Waals surface area contributed by atoms with E-state index in [0.717, 1.165) is 29.4 Å². The molecular formula is C25H26N2O4. The van der Waals surface area contributed by atoms with E-state index in [-0.39, 0.29) is 23.5 Å². The van der Waals surface area contributed by atoms with Crippen molar-refractivity contribution in [2.45, 2.75) is 38.5 Å². The molecule has 2 aromatic carbocycles. The first-order valence-electron chi connectivity index (χ1n) is 11.0. The van der Waals surface area contributed by atoms with Gasteiger partial charge in [-0.25, -0.2) is 0 Å². The molecule has 6 nitrogen and oxygen atoms in total. The third-order valence-corrected chi connectivity index (χ3v) is 6.59. The normalized spacial score (nSPS) is 16.5. The topological polar surface area (TPSA) is 82.8 Å². The van der Waals surface area contributed by atoms with Crippen molar-refractivity contribution in [2.75, 3.05) is 18.4 Å². The number of rotatable bonds is 4. The van der Waals surface area contributed by atoms with Gasteiger partial charge in [-0.15, -0.1) is 0 Å². The monoisotopic (exact) mass is 418 g/mol. The maximum absolute atomic E-state index is 12.9. The van der Waals surface area contributed by atoms with Crippen LogP contribution in [-0.2, 0) is 28.9 Å². The number of hydrogen-bond acceptors (Lipinski definition) is 4. The summed E-state index contributed by atoms with van der Waals surface area (Å²) < 4.78 is 5.73. The van der Waals surface area contributed by atoms with Crippen LogP contribution in [0.4, 0.5) is 5.69 Å². The second-order valence-electron chi connectivity index (χ2n) is 8.57. The minimum Gasteiger partial charge on any atom is -0.506 e. The Labute approximate surface area is 180 Å². The summed E-state index contributed by atoms with van der Waals surface area (Å²) in [6, 6.07) is 11.0. The molecule has 2 amide bonds. The fourth-order valence-electron chi connectivity index (χ4n) is 4.76. The Morgan fingerprint density at radius 2 is 1.84 bits per heavy atom. The van der Waals surface area contributed by atoms with Crippen molar-refractivity contribution in [3.8, 4) is 5.75 Å². The summed E-state index contributed by atoms with van der Waals surface area (Å²) in [5.41, 5.74) is 4.96. The van der Waals surface area contributed by atoms with Crippen LogP contribution in [-0.4, -0.2) is 34.9 Å². The SMILES string of the molecule is O=C(Nc1ccccc1O)C1CCN(C(=O)Cc2coc3cc4c(cc23)CCC4)CC1. The number of furan rings is 1. The number of phenols is 1. The summed E-state index contributed by atoms with van der Waals surface area (Å²) in [5.74, 6) is -0.145. The number of nitrogens with zero attached hydrogens (tertiary/aromatic N) is 1. The van der Waals surface area contributed by atoms with E-state index in [1.54, 1.807) is 30.5 Å². The van der Waals surface area contributed by atoms with Crippen molar-refractivity contribution in [3.63, 3.8) is 0 Å². The molecule has 1 aromatic heterocycles. The molecule has 31 heavy (non-hydrogen) atoms. The maximum atomic E-state index is 12.9. The molecule has 1 saturated heterocycles. The molecule has 2 aliphatic rings. The molecular weight excluding hydrogens is 392 g/mol. The van der Waals surface area contributed by atoms with E-state index in [9.17, 15) is 14.7 Å². The first kappa shape index (κ1) is 19.7. The van der Waals surface area contributed by atoms with Crippen LogP contribution in [0.2, 0.25) is 0 Å². The number of carbonyl (C=O) groups excluding carboxylic acids is 2. The number of benzene rings is 2. The number of nitrogens with one attached hydrogen (secondary N) is 1. The smallest absolute Gasteiger partial charge is 0.227 e. The van der Waals surface area contributed by atoms with Gasteiger partial charge in [-0.2, -0.15) is 0 Å². The van der Waals surface area contributed by atoms with Crippen molar-refractivity contribution >= 4 is 28.5 Å². The number of aryl methyl sites for hydroxylation is 2. The minimum absolute atomic E-state index is 0.0569. The second-order valence-corrected chi connectivity index (χ2v) is 8.57. The zero-order valence-corrected chi connectivity index (χ0v) is 17.4. The molecule has 0 radical (unpaired) electrons. The van der Waals surface area contributed by atoms with E-state index in [2.05, 4.69) is 17.4 Å². The highest BCUT2D eigenvalue weighted by Gasteiger charge is 2.28. The Morgan fingerprint density at radius 3 is 2.61 bits per heavy atom. The summed E-state index contributed by atoms with van der Waals surface area (Å²) in [4.78, 5) is 27.3. The van der Waals surface area contributed by atoms with Gasteiger partial charge in [0.1, 0.15) is 11.3 Å². The minimum atomic E-state index is -0.166. The summed E-state index contributed by atoms with van der Waals surface area (Å²) in [5, 5.41) is 13.7. The molecule has 2 N–H and O–H groups in total.